The summed E-state index contributed by atoms with van der Waals surface area (Å²) in [6, 6.07) is 0. The molecular formula is C11H27N3O2S. The van der Waals surface area contributed by atoms with Crippen LogP contribution >= 0.6 is 0 Å². The molecule has 17 heavy (non-hydrogen) atoms. The molecule has 0 saturated carbocycles. The molecule has 0 aliphatic heterocycles. The fourth-order valence-electron chi connectivity index (χ4n) is 1.70. The summed E-state index contributed by atoms with van der Waals surface area (Å²) in [4.78, 5) is 0. The monoisotopic (exact) mass is 265 g/mol. The van der Waals surface area contributed by atoms with Crippen molar-refractivity contribution in [2.24, 2.45) is 0 Å². The third-order valence-corrected chi connectivity index (χ3v) is 4.40. The Bertz CT molecular complexity index is 302. The molecule has 0 atom stereocenters. The average Bonchev–Trinajstić information content (AvgIpc) is 2.15. The largest absolute Gasteiger partial charge is 0.320 e. The lowest BCUT2D eigenvalue weighted by molar-refractivity contribution is 0.384. The van der Waals surface area contributed by atoms with Crippen LogP contribution in [0.25, 0.3) is 0 Å². The first kappa shape index (κ1) is 16.8. The van der Waals surface area contributed by atoms with E-state index in [0.29, 0.717) is 6.54 Å². The molecule has 5 nitrogen and oxygen atoms in total. The first-order valence-electron chi connectivity index (χ1n) is 6.15. The fraction of sp³-hybridized carbons (Fsp3) is 1.00. The lowest BCUT2D eigenvalue weighted by Gasteiger charge is -2.28. The number of hydrogen-bond acceptors (Lipinski definition) is 3. The summed E-state index contributed by atoms with van der Waals surface area (Å²) < 4.78 is 28.1. The van der Waals surface area contributed by atoms with Gasteiger partial charge in [-0.2, -0.15) is 17.4 Å². The van der Waals surface area contributed by atoms with Gasteiger partial charge in [-0.25, -0.2) is 0 Å². The zero-order chi connectivity index (χ0) is 13.5. The fourth-order valence-corrected chi connectivity index (χ4v) is 3.03. The minimum absolute atomic E-state index is 0.384. The van der Waals surface area contributed by atoms with Crippen molar-refractivity contribution in [3.05, 3.63) is 0 Å². The second-order valence-corrected chi connectivity index (χ2v) is 6.80. The predicted molar refractivity (Wildman–Crippen MR) is 72.2 cm³/mol. The van der Waals surface area contributed by atoms with Crippen molar-refractivity contribution in [3.8, 4) is 0 Å². The Balaban J connectivity index is 4.36. The molecule has 0 heterocycles. The van der Waals surface area contributed by atoms with Gasteiger partial charge in [-0.05, 0) is 40.3 Å². The van der Waals surface area contributed by atoms with Crippen molar-refractivity contribution in [1.82, 2.24) is 14.3 Å². The zero-order valence-corrected chi connectivity index (χ0v) is 12.5. The minimum Gasteiger partial charge on any atom is -0.320 e. The molecule has 0 aliphatic rings. The first-order chi connectivity index (χ1) is 7.75. The molecule has 0 radical (unpaired) electrons. The van der Waals surface area contributed by atoms with E-state index in [1.165, 1.54) is 4.31 Å². The molecule has 6 heteroatoms. The molecule has 2 N–H and O–H groups in total. The van der Waals surface area contributed by atoms with E-state index < -0.39 is 10.2 Å². The van der Waals surface area contributed by atoms with Crippen LogP contribution in [0.2, 0.25) is 0 Å². The van der Waals surface area contributed by atoms with Gasteiger partial charge in [-0.1, -0.05) is 13.3 Å². The summed E-state index contributed by atoms with van der Waals surface area (Å²) in [5, 5.41) is 3.00. The number of nitrogens with one attached hydrogen (secondary N) is 2. The molecule has 0 saturated heterocycles. The van der Waals surface area contributed by atoms with E-state index in [4.69, 9.17) is 0 Å². The Hall–Kier alpha value is -0.170. The van der Waals surface area contributed by atoms with E-state index in [9.17, 15) is 8.42 Å². The maximum absolute atomic E-state index is 12.0. The van der Waals surface area contributed by atoms with E-state index in [1.54, 1.807) is 7.05 Å². The molecule has 0 rings (SSSR count). The van der Waals surface area contributed by atoms with Crippen molar-refractivity contribution in [1.29, 1.82) is 0 Å². The van der Waals surface area contributed by atoms with Gasteiger partial charge >= 0.3 is 0 Å². The molecule has 0 aromatic rings. The second-order valence-electron chi connectivity index (χ2n) is 5.02. The van der Waals surface area contributed by atoms with E-state index in [-0.39, 0.29) is 5.54 Å². The van der Waals surface area contributed by atoms with Crippen LogP contribution in [0.1, 0.15) is 40.0 Å². The van der Waals surface area contributed by atoms with Crippen LogP contribution in [0, 0.1) is 0 Å². The standard InChI is InChI=1S/C11H27N3O2S/c1-6-8-11(2,3)13-17(15,16)14(5)10-7-9-12-4/h12-13H,6-10H2,1-5H3. The van der Waals surface area contributed by atoms with Gasteiger partial charge in [-0.15, -0.1) is 0 Å². The second kappa shape index (κ2) is 7.31. The third kappa shape index (κ3) is 6.98. The Kier molecular flexibility index (Phi) is 7.23. The Morgan fingerprint density at radius 3 is 2.35 bits per heavy atom. The molecule has 104 valence electrons. The maximum atomic E-state index is 12.0. The van der Waals surface area contributed by atoms with E-state index in [0.717, 1.165) is 25.8 Å². The van der Waals surface area contributed by atoms with Crippen molar-refractivity contribution >= 4 is 10.2 Å². The van der Waals surface area contributed by atoms with Gasteiger partial charge in [0.1, 0.15) is 0 Å². The molecule has 0 aliphatic carbocycles. The van der Waals surface area contributed by atoms with E-state index in [2.05, 4.69) is 10.0 Å². The normalized spacial score (nSPS) is 13.3. The van der Waals surface area contributed by atoms with Crippen LogP contribution in [0.4, 0.5) is 0 Å². The average molecular weight is 265 g/mol. The number of hydrogen-bond donors (Lipinski definition) is 2. The first-order valence-corrected chi connectivity index (χ1v) is 7.59. The molecular weight excluding hydrogens is 238 g/mol. The van der Waals surface area contributed by atoms with Crippen molar-refractivity contribution < 1.29 is 8.42 Å². The van der Waals surface area contributed by atoms with Crippen LogP contribution in [0.3, 0.4) is 0 Å². The summed E-state index contributed by atoms with van der Waals surface area (Å²) >= 11 is 0. The highest BCUT2D eigenvalue weighted by molar-refractivity contribution is 7.87. The Morgan fingerprint density at radius 1 is 1.29 bits per heavy atom. The van der Waals surface area contributed by atoms with Crippen molar-refractivity contribution in [2.45, 2.75) is 45.6 Å². The molecule has 0 bridgehead atoms. The maximum Gasteiger partial charge on any atom is 0.279 e. The van der Waals surface area contributed by atoms with Gasteiger partial charge in [0, 0.05) is 19.1 Å². The summed E-state index contributed by atoms with van der Waals surface area (Å²) in [6.45, 7) is 7.22. The van der Waals surface area contributed by atoms with Crippen LogP contribution in [0.15, 0.2) is 0 Å². The van der Waals surface area contributed by atoms with Crippen molar-refractivity contribution in [2.75, 3.05) is 27.2 Å². The van der Waals surface area contributed by atoms with Crippen LogP contribution in [-0.2, 0) is 10.2 Å². The van der Waals surface area contributed by atoms with Crippen LogP contribution < -0.4 is 10.0 Å². The summed E-state index contributed by atoms with van der Waals surface area (Å²) in [5.74, 6) is 0. The molecule has 0 spiro atoms. The highest BCUT2D eigenvalue weighted by atomic mass is 32.2. The summed E-state index contributed by atoms with van der Waals surface area (Å²) in [6.07, 6.45) is 2.59. The van der Waals surface area contributed by atoms with E-state index in [1.807, 2.05) is 27.8 Å². The summed E-state index contributed by atoms with van der Waals surface area (Å²) in [7, 11) is 0.104. The van der Waals surface area contributed by atoms with Gasteiger partial charge in [-0.3, -0.25) is 0 Å². The van der Waals surface area contributed by atoms with Crippen molar-refractivity contribution in [3.63, 3.8) is 0 Å². The smallest absolute Gasteiger partial charge is 0.279 e. The van der Waals surface area contributed by atoms with Gasteiger partial charge in [0.25, 0.3) is 10.2 Å². The molecule has 0 aromatic carbocycles. The lowest BCUT2D eigenvalue weighted by Crippen LogP contribution is -2.49. The van der Waals surface area contributed by atoms with E-state index >= 15 is 0 Å². The van der Waals surface area contributed by atoms with Crippen LogP contribution in [-0.4, -0.2) is 45.4 Å². The molecule has 0 fully saturated rings. The predicted octanol–water partition coefficient (Wildman–Crippen LogP) is 0.941. The molecule has 0 aromatic heterocycles. The Morgan fingerprint density at radius 2 is 1.88 bits per heavy atom. The Labute approximate surface area is 106 Å². The van der Waals surface area contributed by atoms with Gasteiger partial charge in [0.2, 0.25) is 0 Å². The summed E-state index contributed by atoms with van der Waals surface area (Å²) in [5.41, 5.74) is -0.384. The third-order valence-electron chi connectivity index (χ3n) is 2.59. The zero-order valence-electron chi connectivity index (χ0n) is 11.7. The van der Waals surface area contributed by atoms with Crippen LogP contribution in [0.5, 0.6) is 0 Å². The number of rotatable bonds is 9. The van der Waals surface area contributed by atoms with Gasteiger partial charge < -0.3 is 5.32 Å². The molecule has 0 unspecified atom stereocenters. The molecule has 0 amide bonds. The highest BCUT2D eigenvalue weighted by Gasteiger charge is 2.26. The lowest BCUT2D eigenvalue weighted by atomic mass is 10.0. The highest BCUT2D eigenvalue weighted by Crippen LogP contribution is 2.13. The topological polar surface area (TPSA) is 61.4 Å². The van der Waals surface area contributed by atoms with Gasteiger partial charge in [0.15, 0.2) is 0 Å². The SMILES string of the molecule is CCCC(C)(C)NS(=O)(=O)N(C)CCCNC. The number of nitrogens with zero attached hydrogens (tertiary/aromatic N) is 1. The van der Waals surface area contributed by atoms with Gasteiger partial charge in [0.05, 0.1) is 0 Å². The minimum atomic E-state index is -3.37. The quantitative estimate of drug-likeness (QED) is 0.610.